The summed E-state index contributed by atoms with van der Waals surface area (Å²) in [7, 11) is -3.43. The van der Waals surface area contributed by atoms with Crippen LogP contribution in [0, 0.1) is 20.8 Å². The van der Waals surface area contributed by atoms with Crippen molar-refractivity contribution < 1.29 is 17.4 Å². The fourth-order valence-corrected chi connectivity index (χ4v) is 4.21. The van der Waals surface area contributed by atoms with E-state index >= 15 is 0 Å². The molecular formula is C17H18N2O4S. The topological polar surface area (TPSA) is 86.2 Å². The molecule has 0 spiro atoms. The van der Waals surface area contributed by atoms with E-state index in [4.69, 9.17) is 8.94 Å². The second kappa shape index (κ2) is 6.24. The molecule has 126 valence electrons. The first kappa shape index (κ1) is 16.4. The fraction of sp³-hybridized carbons (Fsp3) is 0.294. The quantitative estimate of drug-likeness (QED) is 0.704. The number of nitrogens with zero attached hydrogens (tertiary/aromatic N) is 2. The second-order valence-corrected chi connectivity index (χ2v) is 7.96. The zero-order valence-electron chi connectivity index (χ0n) is 13.7. The molecule has 0 aliphatic rings. The number of hydrogen-bond donors (Lipinski definition) is 0. The average Bonchev–Trinajstić information content (AvgIpc) is 3.13. The Kier molecular flexibility index (Phi) is 4.28. The molecule has 3 rings (SSSR count). The summed E-state index contributed by atoms with van der Waals surface area (Å²) in [5.74, 6) is 0.390. The highest BCUT2D eigenvalue weighted by molar-refractivity contribution is 7.89. The number of aromatic nitrogens is 2. The maximum absolute atomic E-state index is 12.5. The first-order chi connectivity index (χ1) is 11.3. The molecule has 0 amide bonds. The van der Waals surface area contributed by atoms with Crippen molar-refractivity contribution in [3.8, 4) is 11.6 Å². The van der Waals surface area contributed by atoms with Crippen molar-refractivity contribution in [1.29, 1.82) is 0 Å². The lowest BCUT2D eigenvalue weighted by Crippen LogP contribution is -2.10. The molecule has 0 radical (unpaired) electrons. The molecule has 7 heteroatoms. The Morgan fingerprint density at radius 3 is 2.42 bits per heavy atom. The van der Waals surface area contributed by atoms with Crippen molar-refractivity contribution in [1.82, 2.24) is 10.1 Å². The maximum atomic E-state index is 12.5. The van der Waals surface area contributed by atoms with Gasteiger partial charge in [-0.3, -0.25) is 0 Å². The minimum atomic E-state index is -3.43. The minimum absolute atomic E-state index is 0.0522. The Hall–Kier alpha value is -2.41. The molecule has 0 N–H and O–H groups in total. The van der Waals surface area contributed by atoms with Crippen molar-refractivity contribution in [2.45, 2.75) is 32.3 Å². The summed E-state index contributed by atoms with van der Waals surface area (Å²) < 4.78 is 35.2. The fourth-order valence-electron chi connectivity index (χ4n) is 2.72. The molecule has 0 fully saturated rings. The highest BCUT2D eigenvalue weighted by Crippen LogP contribution is 2.22. The van der Waals surface area contributed by atoms with Crippen LogP contribution in [0.25, 0.3) is 11.6 Å². The van der Waals surface area contributed by atoms with Gasteiger partial charge in [-0.25, -0.2) is 8.42 Å². The summed E-state index contributed by atoms with van der Waals surface area (Å²) in [5, 5.41) is 3.75. The number of sulfone groups is 1. The number of aryl methyl sites for hydroxylation is 3. The van der Waals surface area contributed by atoms with Crippen molar-refractivity contribution >= 4 is 9.84 Å². The van der Waals surface area contributed by atoms with E-state index in [1.54, 1.807) is 12.1 Å². The van der Waals surface area contributed by atoms with Gasteiger partial charge < -0.3 is 8.94 Å². The largest absolute Gasteiger partial charge is 0.461 e. The third-order valence-electron chi connectivity index (χ3n) is 3.76. The Bertz CT molecular complexity index is 933. The van der Waals surface area contributed by atoms with Crippen LogP contribution in [0.4, 0.5) is 0 Å². The Morgan fingerprint density at radius 2 is 1.79 bits per heavy atom. The predicted octanol–water partition coefficient (Wildman–Crippen LogP) is 3.37. The number of hydrogen-bond acceptors (Lipinski definition) is 6. The molecule has 0 saturated carbocycles. The van der Waals surface area contributed by atoms with E-state index in [1.807, 2.05) is 32.9 Å². The second-order valence-electron chi connectivity index (χ2n) is 5.90. The van der Waals surface area contributed by atoms with E-state index < -0.39 is 9.84 Å². The Morgan fingerprint density at radius 1 is 1.08 bits per heavy atom. The predicted molar refractivity (Wildman–Crippen MR) is 89.0 cm³/mol. The number of rotatable bonds is 5. The molecule has 0 atom stereocenters. The summed E-state index contributed by atoms with van der Waals surface area (Å²) in [6.45, 7) is 5.84. The summed E-state index contributed by atoms with van der Waals surface area (Å²) >= 11 is 0. The van der Waals surface area contributed by atoms with E-state index in [9.17, 15) is 8.42 Å². The van der Waals surface area contributed by atoms with Crippen molar-refractivity contribution in [2.24, 2.45) is 0 Å². The molecule has 0 aliphatic carbocycles. The van der Waals surface area contributed by atoms with Crippen LogP contribution >= 0.6 is 0 Å². The standard InChI is InChI=1S/C17H18N2O4S/c1-11-7-12(2)14(13(3)8-11)9-24(20,21)10-16-18-17(19-23-16)15-5-4-6-22-15/h4-8H,9-10H2,1-3H3. The maximum Gasteiger partial charge on any atom is 0.242 e. The van der Waals surface area contributed by atoms with Gasteiger partial charge in [0.2, 0.25) is 11.7 Å². The summed E-state index contributed by atoms with van der Waals surface area (Å²) in [5.41, 5.74) is 3.88. The molecule has 24 heavy (non-hydrogen) atoms. The van der Waals surface area contributed by atoms with Crippen LogP contribution in [0.1, 0.15) is 28.1 Å². The van der Waals surface area contributed by atoms with Gasteiger partial charge in [-0.05, 0) is 49.6 Å². The van der Waals surface area contributed by atoms with Crippen LogP contribution in [0.15, 0.2) is 39.5 Å². The van der Waals surface area contributed by atoms with E-state index in [2.05, 4.69) is 10.1 Å². The molecule has 0 bridgehead atoms. The SMILES string of the molecule is Cc1cc(C)c(CS(=O)(=O)Cc2nc(-c3ccco3)no2)c(C)c1. The van der Waals surface area contributed by atoms with Gasteiger partial charge in [0, 0.05) is 0 Å². The zero-order chi connectivity index (χ0) is 17.3. The normalized spacial score (nSPS) is 11.8. The zero-order valence-corrected chi connectivity index (χ0v) is 14.6. The van der Waals surface area contributed by atoms with Gasteiger partial charge >= 0.3 is 0 Å². The van der Waals surface area contributed by atoms with Gasteiger partial charge in [0.1, 0.15) is 5.75 Å². The average molecular weight is 346 g/mol. The van der Waals surface area contributed by atoms with Gasteiger partial charge in [-0.1, -0.05) is 22.9 Å². The lowest BCUT2D eigenvalue weighted by atomic mass is 10.0. The Balaban J connectivity index is 1.80. The van der Waals surface area contributed by atoms with Crippen LogP contribution in [-0.2, 0) is 21.3 Å². The van der Waals surface area contributed by atoms with E-state index in [1.165, 1.54) is 6.26 Å². The van der Waals surface area contributed by atoms with Gasteiger partial charge in [-0.15, -0.1) is 0 Å². The summed E-state index contributed by atoms with van der Waals surface area (Å²) in [6, 6.07) is 7.35. The molecule has 0 aliphatic heterocycles. The highest BCUT2D eigenvalue weighted by atomic mass is 32.2. The van der Waals surface area contributed by atoms with E-state index in [0.717, 1.165) is 22.3 Å². The smallest absolute Gasteiger partial charge is 0.242 e. The summed E-state index contributed by atoms with van der Waals surface area (Å²) in [6.07, 6.45) is 1.49. The van der Waals surface area contributed by atoms with Crippen molar-refractivity contribution in [2.75, 3.05) is 0 Å². The van der Waals surface area contributed by atoms with Crippen molar-refractivity contribution in [3.63, 3.8) is 0 Å². The highest BCUT2D eigenvalue weighted by Gasteiger charge is 2.21. The molecule has 1 aromatic carbocycles. The molecule has 6 nitrogen and oxygen atoms in total. The first-order valence-corrected chi connectivity index (χ1v) is 9.30. The van der Waals surface area contributed by atoms with Gasteiger partial charge in [0.25, 0.3) is 0 Å². The first-order valence-electron chi connectivity index (χ1n) is 7.48. The number of furan rings is 1. The minimum Gasteiger partial charge on any atom is -0.461 e. The van der Waals surface area contributed by atoms with Crippen molar-refractivity contribution in [3.05, 3.63) is 58.7 Å². The van der Waals surface area contributed by atoms with Crippen LogP contribution in [0.2, 0.25) is 0 Å². The van der Waals surface area contributed by atoms with Crippen LogP contribution < -0.4 is 0 Å². The molecule has 3 aromatic rings. The third kappa shape index (κ3) is 3.56. The monoisotopic (exact) mass is 346 g/mol. The third-order valence-corrected chi connectivity index (χ3v) is 5.17. The van der Waals surface area contributed by atoms with E-state index in [0.29, 0.717) is 5.76 Å². The summed E-state index contributed by atoms with van der Waals surface area (Å²) in [4.78, 5) is 4.09. The van der Waals surface area contributed by atoms with Crippen LogP contribution in [0.5, 0.6) is 0 Å². The molecule has 2 heterocycles. The molecule has 0 saturated heterocycles. The van der Waals surface area contributed by atoms with Crippen LogP contribution in [0.3, 0.4) is 0 Å². The lowest BCUT2D eigenvalue weighted by molar-refractivity contribution is 0.388. The van der Waals surface area contributed by atoms with Gasteiger partial charge in [-0.2, -0.15) is 4.98 Å². The van der Waals surface area contributed by atoms with Gasteiger partial charge in [0.15, 0.2) is 15.6 Å². The number of benzene rings is 1. The molecular weight excluding hydrogens is 328 g/mol. The molecule has 2 aromatic heterocycles. The van der Waals surface area contributed by atoms with E-state index in [-0.39, 0.29) is 23.2 Å². The molecule has 0 unspecified atom stereocenters. The van der Waals surface area contributed by atoms with Crippen LogP contribution in [-0.4, -0.2) is 18.6 Å². The lowest BCUT2D eigenvalue weighted by Gasteiger charge is -2.11. The Labute approximate surface area is 140 Å². The van der Waals surface area contributed by atoms with Gasteiger partial charge in [0.05, 0.1) is 12.0 Å².